The van der Waals surface area contributed by atoms with Gasteiger partial charge in [-0.3, -0.25) is 14.9 Å². The van der Waals surface area contributed by atoms with E-state index in [0.717, 1.165) is 19.3 Å². The second kappa shape index (κ2) is 6.62. The van der Waals surface area contributed by atoms with Crippen molar-refractivity contribution in [1.29, 1.82) is 0 Å². The van der Waals surface area contributed by atoms with Crippen molar-refractivity contribution < 1.29 is 19.2 Å². The average molecular weight is 372 g/mol. The van der Waals surface area contributed by atoms with Crippen molar-refractivity contribution >= 4 is 17.6 Å². The van der Waals surface area contributed by atoms with E-state index in [1.54, 1.807) is 6.92 Å². The molecule has 0 spiro atoms. The summed E-state index contributed by atoms with van der Waals surface area (Å²) in [6.07, 6.45) is 6.96. The van der Waals surface area contributed by atoms with Gasteiger partial charge in [0.05, 0.1) is 10.5 Å². The number of rotatable bonds is 5. The lowest BCUT2D eigenvalue weighted by atomic mass is 9.53. The van der Waals surface area contributed by atoms with Crippen LogP contribution in [0.1, 0.15) is 54.4 Å². The summed E-state index contributed by atoms with van der Waals surface area (Å²) in [6.45, 7) is 1.24. The number of nitrogens with one attached hydrogen (secondary N) is 1. The van der Waals surface area contributed by atoms with Crippen molar-refractivity contribution in [3.05, 3.63) is 39.4 Å². The van der Waals surface area contributed by atoms with Crippen LogP contribution in [0.25, 0.3) is 0 Å². The zero-order valence-corrected chi connectivity index (χ0v) is 15.4. The van der Waals surface area contributed by atoms with Crippen LogP contribution in [0.4, 0.5) is 5.69 Å². The first kappa shape index (κ1) is 17.9. The number of nitro groups is 1. The van der Waals surface area contributed by atoms with Crippen LogP contribution in [-0.4, -0.2) is 28.9 Å². The van der Waals surface area contributed by atoms with Crippen molar-refractivity contribution in [1.82, 2.24) is 5.32 Å². The summed E-state index contributed by atoms with van der Waals surface area (Å²) >= 11 is 0. The predicted octanol–water partition coefficient (Wildman–Crippen LogP) is 3.15. The molecule has 7 nitrogen and oxygen atoms in total. The monoisotopic (exact) mass is 372 g/mol. The van der Waals surface area contributed by atoms with Crippen LogP contribution in [-0.2, 0) is 9.53 Å². The molecular weight excluding hydrogens is 348 g/mol. The van der Waals surface area contributed by atoms with Gasteiger partial charge in [0.15, 0.2) is 6.61 Å². The van der Waals surface area contributed by atoms with E-state index in [1.807, 2.05) is 0 Å². The molecule has 5 rings (SSSR count). The number of nitro benzene ring substituents is 1. The molecule has 4 aliphatic carbocycles. The standard InChI is InChI=1S/C20H24N2O5/c1-12-2-3-16(7-17(12)22(25)26)19(24)27-11-18(23)21-20-8-13-4-14(9-20)6-15(5-13)10-20/h2-3,7,13-15H,4-6,8-11H2,1H3,(H,21,23). The normalized spacial score (nSPS) is 30.8. The third kappa shape index (κ3) is 3.55. The lowest BCUT2D eigenvalue weighted by molar-refractivity contribution is -0.385. The number of benzene rings is 1. The Morgan fingerprint density at radius 1 is 1.19 bits per heavy atom. The first-order valence-electron chi connectivity index (χ1n) is 9.57. The molecule has 7 heteroatoms. The smallest absolute Gasteiger partial charge is 0.338 e. The molecule has 1 aromatic carbocycles. The summed E-state index contributed by atoms with van der Waals surface area (Å²) in [5, 5.41) is 14.1. The van der Waals surface area contributed by atoms with E-state index in [4.69, 9.17) is 4.74 Å². The van der Waals surface area contributed by atoms with Gasteiger partial charge in [0.1, 0.15) is 0 Å². The van der Waals surface area contributed by atoms with Crippen LogP contribution in [0, 0.1) is 34.8 Å². The number of ether oxygens (including phenoxy) is 1. The van der Waals surface area contributed by atoms with E-state index in [1.165, 1.54) is 37.5 Å². The third-order valence-corrected chi connectivity index (χ3v) is 6.42. The number of hydrogen-bond donors (Lipinski definition) is 1. The fourth-order valence-corrected chi connectivity index (χ4v) is 5.74. The minimum absolute atomic E-state index is 0.0786. The van der Waals surface area contributed by atoms with Crippen molar-refractivity contribution in [2.24, 2.45) is 17.8 Å². The van der Waals surface area contributed by atoms with Gasteiger partial charge in [-0.1, -0.05) is 6.07 Å². The lowest BCUT2D eigenvalue weighted by Crippen LogP contribution is -2.60. The molecule has 4 bridgehead atoms. The fraction of sp³-hybridized carbons (Fsp3) is 0.600. The average Bonchev–Trinajstić information content (AvgIpc) is 2.58. The zero-order valence-electron chi connectivity index (χ0n) is 15.4. The Bertz CT molecular complexity index is 768. The van der Waals surface area contributed by atoms with E-state index in [-0.39, 0.29) is 29.3 Å². The first-order chi connectivity index (χ1) is 12.8. The van der Waals surface area contributed by atoms with Gasteiger partial charge in [-0.2, -0.15) is 0 Å². The molecule has 0 aromatic heterocycles. The van der Waals surface area contributed by atoms with Crippen LogP contribution in [0.15, 0.2) is 18.2 Å². The first-order valence-corrected chi connectivity index (χ1v) is 9.57. The van der Waals surface area contributed by atoms with Gasteiger partial charge >= 0.3 is 5.97 Å². The molecule has 4 aliphatic rings. The molecule has 1 aromatic rings. The van der Waals surface area contributed by atoms with Gasteiger partial charge in [-0.25, -0.2) is 4.79 Å². The topological polar surface area (TPSA) is 98.5 Å². The largest absolute Gasteiger partial charge is 0.452 e. The van der Waals surface area contributed by atoms with E-state index < -0.39 is 10.9 Å². The van der Waals surface area contributed by atoms with Crippen molar-refractivity contribution in [2.75, 3.05) is 6.61 Å². The van der Waals surface area contributed by atoms with E-state index in [0.29, 0.717) is 23.3 Å². The SMILES string of the molecule is Cc1ccc(C(=O)OCC(=O)NC23CC4CC(CC(C4)C2)C3)cc1[N+](=O)[O-]. The number of carbonyl (C=O) groups is 2. The lowest BCUT2D eigenvalue weighted by Gasteiger charge is -2.56. The number of aryl methyl sites for hydroxylation is 1. The Labute approximate surface area is 157 Å². The number of nitrogens with zero attached hydrogens (tertiary/aromatic N) is 1. The van der Waals surface area contributed by atoms with Gasteiger partial charge in [-0.15, -0.1) is 0 Å². The summed E-state index contributed by atoms with van der Waals surface area (Å²) in [6, 6.07) is 4.17. The van der Waals surface area contributed by atoms with Crippen LogP contribution < -0.4 is 5.32 Å². The Hall–Kier alpha value is -2.44. The molecule has 1 N–H and O–H groups in total. The molecule has 0 heterocycles. The molecule has 0 atom stereocenters. The Morgan fingerprint density at radius 2 is 1.78 bits per heavy atom. The molecule has 144 valence electrons. The fourth-order valence-electron chi connectivity index (χ4n) is 5.74. The Balaban J connectivity index is 1.35. The quantitative estimate of drug-likeness (QED) is 0.486. The molecule has 4 saturated carbocycles. The van der Waals surface area contributed by atoms with Crippen LogP contribution in [0.2, 0.25) is 0 Å². The second-order valence-electron chi connectivity index (χ2n) is 8.58. The molecule has 0 radical (unpaired) electrons. The van der Waals surface area contributed by atoms with Gasteiger partial charge in [0.2, 0.25) is 0 Å². The summed E-state index contributed by atoms with van der Waals surface area (Å²) in [4.78, 5) is 35.0. The molecule has 0 saturated heterocycles. The number of hydrogen-bond acceptors (Lipinski definition) is 5. The highest BCUT2D eigenvalue weighted by molar-refractivity contribution is 5.92. The van der Waals surface area contributed by atoms with Crippen LogP contribution in [0.5, 0.6) is 0 Å². The maximum atomic E-state index is 12.4. The minimum atomic E-state index is -0.723. The second-order valence-corrected chi connectivity index (χ2v) is 8.58. The summed E-state index contributed by atoms with van der Waals surface area (Å²) in [7, 11) is 0. The van der Waals surface area contributed by atoms with Crippen molar-refractivity contribution in [3.8, 4) is 0 Å². The molecular formula is C20H24N2O5. The Morgan fingerprint density at radius 3 is 2.33 bits per heavy atom. The maximum Gasteiger partial charge on any atom is 0.338 e. The summed E-state index contributed by atoms with van der Waals surface area (Å²) in [5.41, 5.74) is 0.287. The predicted molar refractivity (Wildman–Crippen MR) is 97.2 cm³/mol. The van der Waals surface area contributed by atoms with Gasteiger partial charge < -0.3 is 10.1 Å². The molecule has 1 amide bonds. The highest BCUT2D eigenvalue weighted by Gasteiger charge is 2.51. The maximum absolute atomic E-state index is 12.4. The zero-order chi connectivity index (χ0) is 19.2. The van der Waals surface area contributed by atoms with E-state index in [9.17, 15) is 19.7 Å². The minimum Gasteiger partial charge on any atom is -0.452 e. The number of esters is 1. The summed E-state index contributed by atoms with van der Waals surface area (Å²) < 4.78 is 5.10. The van der Waals surface area contributed by atoms with E-state index in [2.05, 4.69) is 5.32 Å². The van der Waals surface area contributed by atoms with Crippen LogP contribution >= 0.6 is 0 Å². The highest BCUT2D eigenvalue weighted by Crippen LogP contribution is 2.55. The van der Waals surface area contributed by atoms with Gasteiger partial charge in [0, 0.05) is 17.2 Å². The Kier molecular flexibility index (Phi) is 4.40. The number of amides is 1. The molecule has 4 fully saturated rings. The third-order valence-electron chi connectivity index (χ3n) is 6.42. The molecule has 27 heavy (non-hydrogen) atoms. The van der Waals surface area contributed by atoms with Gasteiger partial charge in [0.25, 0.3) is 11.6 Å². The van der Waals surface area contributed by atoms with Gasteiger partial charge in [-0.05, 0) is 69.3 Å². The molecule has 0 unspecified atom stereocenters. The van der Waals surface area contributed by atoms with Crippen LogP contribution in [0.3, 0.4) is 0 Å². The van der Waals surface area contributed by atoms with Crippen molar-refractivity contribution in [3.63, 3.8) is 0 Å². The highest BCUT2D eigenvalue weighted by atomic mass is 16.6. The molecule has 0 aliphatic heterocycles. The van der Waals surface area contributed by atoms with Crippen molar-refractivity contribution in [2.45, 2.75) is 51.0 Å². The summed E-state index contributed by atoms with van der Waals surface area (Å²) in [5.74, 6) is 1.14. The van der Waals surface area contributed by atoms with E-state index >= 15 is 0 Å². The number of carbonyl (C=O) groups excluding carboxylic acids is 2.